The summed E-state index contributed by atoms with van der Waals surface area (Å²) in [6.45, 7) is 0.409. The van der Waals surface area contributed by atoms with Crippen molar-refractivity contribution in [2.75, 3.05) is 5.32 Å². The van der Waals surface area contributed by atoms with Gasteiger partial charge in [-0.1, -0.05) is 11.6 Å². The number of rotatable bonds is 5. The van der Waals surface area contributed by atoms with E-state index in [1.54, 1.807) is 30.3 Å². The highest BCUT2D eigenvalue weighted by Crippen LogP contribution is 2.23. The van der Waals surface area contributed by atoms with E-state index in [2.05, 4.69) is 5.32 Å². The Morgan fingerprint density at radius 1 is 1.24 bits per heavy atom. The quantitative estimate of drug-likeness (QED) is 0.655. The lowest BCUT2D eigenvalue weighted by atomic mass is 10.1. The van der Waals surface area contributed by atoms with Crippen molar-refractivity contribution in [3.05, 3.63) is 68.7 Å². The highest BCUT2D eigenvalue weighted by Gasteiger charge is 2.09. The van der Waals surface area contributed by atoms with E-state index in [1.165, 1.54) is 12.1 Å². The second-order valence-electron chi connectivity index (χ2n) is 4.33. The molecule has 3 N–H and O–H groups in total. The van der Waals surface area contributed by atoms with E-state index in [0.717, 1.165) is 11.3 Å². The Labute approximate surface area is 125 Å². The summed E-state index contributed by atoms with van der Waals surface area (Å²) in [4.78, 5) is 21.1. The van der Waals surface area contributed by atoms with E-state index in [1.807, 2.05) is 0 Å². The molecule has 21 heavy (non-hydrogen) atoms. The third-order valence-corrected chi connectivity index (χ3v) is 3.25. The molecule has 0 aliphatic heterocycles. The molecule has 108 valence electrons. The van der Waals surface area contributed by atoms with E-state index < -0.39 is 10.8 Å². The molecule has 1 amide bonds. The van der Waals surface area contributed by atoms with Crippen molar-refractivity contribution < 1.29 is 9.72 Å². The minimum Gasteiger partial charge on any atom is -0.381 e. The molecular formula is C14H12ClN3O3. The van der Waals surface area contributed by atoms with Gasteiger partial charge in [-0.2, -0.15) is 0 Å². The zero-order valence-electron chi connectivity index (χ0n) is 10.9. The van der Waals surface area contributed by atoms with Crippen LogP contribution in [0.4, 0.5) is 11.4 Å². The number of amides is 1. The highest BCUT2D eigenvalue weighted by atomic mass is 35.5. The smallest absolute Gasteiger partial charge is 0.270 e. The monoisotopic (exact) mass is 305 g/mol. The van der Waals surface area contributed by atoms with Gasteiger partial charge in [-0.25, -0.2) is 0 Å². The van der Waals surface area contributed by atoms with Crippen molar-refractivity contribution in [2.45, 2.75) is 6.54 Å². The van der Waals surface area contributed by atoms with Crippen molar-refractivity contribution in [1.82, 2.24) is 0 Å². The molecule has 0 spiro atoms. The number of hydrogen-bond acceptors (Lipinski definition) is 4. The van der Waals surface area contributed by atoms with Crippen LogP contribution >= 0.6 is 11.6 Å². The van der Waals surface area contributed by atoms with Gasteiger partial charge in [0.25, 0.3) is 5.69 Å². The van der Waals surface area contributed by atoms with Crippen LogP contribution in [0.25, 0.3) is 0 Å². The number of nitro benzene ring substituents is 1. The summed E-state index contributed by atoms with van der Waals surface area (Å²) < 4.78 is 0. The van der Waals surface area contributed by atoms with Gasteiger partial charge in [0.2, 0.25) is 5.91 Å². The standard InChI is InChI=1S/C14H12ClN3O3/c15-13-7-12(18(20)21)6-3-10(13)8-17-11-4-1-9(2-5-11)14(16)19/h1-7,17H,8H2,(H2,16,19). The van der Waals surface area contributed by atoms with Gasteiger partial charge >= 0.3 is 0 Å². The average Bonchev–Trinajstić information content (AvgIpc) is 2.46. The van der Waals surface area contributed by atoms with Crippen molar-refractivity contribution in [1.29, 1.82) is 0 Å². The van der Waals surface area contributed by atoms with Crippen LogP contribution in [0.15, 0.2) is 42.5 Å². The van der Waals surface area contributed by atoms with Crippen LogP contribution in [-0.2, 0) is 6.54 Å². The summed E-state index contributed by atoms with van der Waals surface area (Å²) in [7, 11) is 0. The minimum absolute atomic E-state index is 0.0467. The largest absolute Gasteiger partial charge is 0.381 e. The molecule has 6 nitrogen and oxygen atoms in total. The van der Waals surface area contributed by atoms with Crippen molar-refractivity contribution in [3.63, 3.8) is 0 Å². The van der Waals surface area contributed by atoms with Crippen LogP contribution in [0, 0.1) is 10.1 Å². The second kappa shape index (κ2) is 6.23. The Bertz CT molecular complexity index is 686. The number of non-ortho nitro benzene ring substituents is 1. The first-order valence-corrected chi connectivity index (χ1v) is 6.42. The lowest BCUT2D eigenvalue weighted by Crippen LogP contribution is -2.10. The Hall–Kier alpha value is -2.60. The zero-order valence-corrected chi connectivity index (χ0v) is 11.6. The minimum atomic E-state index is -0.494. The number of anilines is 1. The molecule has 0 heterocycles. The molecule has 7 heteroatoms. The Morgan fingerprint density at radius 2 is 1.90 bits per heavy atom. The van der Waals surface area contributed by atoms with Crippen LogP contribution < -0.4 is 11.1 Å². The fourth-order valence-electron chi connectivity index (χ4n) is 1.74. The summed E-state index contributed by atoms with van der Waals surface area (Å²) in [5.41, 5.74) is 7.06. The number of nitrogens with two attached hydrogens (primary N) is 1. The molecular weight excluding hydrogens is 294 g/mol. The van der Waals surface area contributed by atoms with E-state index in [0.29, 0.717) is 17.1 Å². The Balaban J connectivity index is 2.06. The topological polar surface area (TPSA) is 98.3 Å². The number of carbonyl (C=O) groups is 1. The molecule has 0 aromatic heterocycles. The summed E-state index contributed by atoms with van der Waals surface area (Å²) in [5, 5.41) is 14.1. The first kappa shape index (κ1) is 14.8. The fourth-order valence-corrected chi connectivity index (χ4v) is 1.98. The highest BCUT2D eigenvalue weighted by molar-refractivity contribution is 6.31. The SMILES string of the molecule is NC(=O)c1ccc(NCc2ccc([N+](=O)[O-])cc2Cl)cc1. The lowest BCUT2D eigenvalue weighted by molar-refractivity contribution is -0.384. The zero-order chi connectivity index (χ0) is 15.4. The summed E-state index contributed by atoms with van der Waals surface area (Å²) in [6.07, 6.45) is 0. The number of primary amides is 1. The van der Waals surface area contributed by atoms with Crippen LogP contribution in [0.1, 0.15) is 15.9 Å². The Morgan fingerprint density at radius 3 is 2.43 bits per heavy atom. The van der Waals surface area contributed by atoms with E-state index >= 15 is 0 Å². The third-order valence-electron chi connectivity index (χ3n) is 2.90. The first-order chi connectivity index (χ1) is 9.97. The van der Waals surface area contributed by atoms with Crippen molar-refractivity contribution >= 4 is 28.9 Å². The average molecular weight is 306 g/mol. The van der Waals surface area contributed by atoms with Crippen molar-refractivity contribution in [3.8, 4) is 0 Å². The van der Waals surface area contributed by atoms with Crippen molar-refractivity contribution in [2.24, 2.45) is 5.73 Å². The van der Waals surface area contributed by atoms with Gasteiger partial charge in [0.05, 0.1) is 9.95 Å². The van der Waals surface area contributed by atoms with Gasteiger partial charge in [-0.05, 0) is 35.9 Å². The second-order valence-corrected chi connectivity index (χ2v) is 4.74. The van der Waals surface area contributed by atoms with Gasteiger partial charge in [-0.3, -0.25) is 14.9 Å². The predicted molar refractivity (Wildman–Crippen MR) is 80.4 cm³/mol. The molecule has 2 aromatic rings. The Kier molecular flexibility index (Phi) is 4.39. The predicted octanol–water partition coefficient (Wildman–Crippen LogP) is 2.96. The number of nitro groups is 1. The molecule has 0 aliphatic rings. The first-order valence-electron chi connectivity index (χ1n) is 6.04. The molecule has 0 saturated carbocycles. The number of halogens is 1. The van der Waals surface area contributed by atoms with E-state index in [9.17, 15) is 14.9 Å². The summed E-state index contributed by atoms with van der Waals surface area (Å²) in [5.74, 6) is -0.486. The number of nitrogens with zero attached hydrogens (tertiary/aromatic N) is 1. The molecule has 0 saturated heterocycles. The maximum absolute atomic E-state index is 11.0. The normalized spacial score (nSPS) is 10.1. The summed E-state index contributed by atoms with van der Waals surface area (Å²) in [6, 6.07) is 11.0. The molecule has 2 rings (SSSR count). The molecule has 0 unspecified atom stereocenters. The molecule has 0 bridgehead atoms. The number of carbonyl (C=O) groups excluding carboxylic acids is 1. The van der Waals surface area contributed by atoms with Crippen LogP contribution in [-0.4, -0.2) is 10.8 Å². The van der Waals surface area contributed by atoms with Crippen LogP contribution in [0.2, 0.25) is 5.02 Å². The summed E-state index contributed by atoms with van der Waals surface area (Å²) >= 11 is 6.00. The van der Waals surface area contributed by atoms with Gasteiger partial charge in [0.1, 0.15) is 0 Å². The van der Waals surface area contributed by atoms with E-state index in [-0.39, 0.29) is 5.69 Å². The van der Waals surface area contributed by atoms with Crippen LogP contribution in [0.3, 0.4) is 0 Å². The molecule has 2 aromatic carbocycles. The molecule has 0 aliphatic carbocycles. The maximum atomic E-state index is 11.0. The molecule has 0 radical (unpaired) electrons. The van der Waals surface area contributed by atoms with Gasteiger partial charge in [-0.15, -0.1) is 0 Å². The third kappa shape index (κ3) is 3.70. The van der Waals surface area contributed by atoms with Gasteiger partial charge in [0, 0.05) is 29.9 Å². The molecule has 0 atom stereocenters. The van der Waals surface area contributed by atoms with E-state index in [4.69, 9.17) is 17.3 Å². The lowest BCUT2D eigenvalue weighted by Gasteiger charge is -2.08. The maximum Gasteiger partial charge on any atom is 0.270 e. The number of benzene rings is 2. The molecule has 0 fully saturated rings. The number of hydrogen-bond donors (Lipinski definition) is 2. The van der Waals surface area contributed by atoms with Gasteiger partial charge < -0.3 is 11.1 Å². The van der Waals surface area contributed by atoms with Crippen LogP contribution in [0.5, 0.6) is 0 Å². The number of nitrogens with one attached hydrogen (secondary N) is 1. The fraction of sp³-hybridized carbons (Fsp3) is 0.0714. The van der Waals surface area contributed by atoms with Gasteiger partial charge in [0.15, 0.2) is 0 Å².